The molecule has 2 aromatic rings. The number of nitrogens with one attached hydrogen (secondary N) is 1. The van der Waals surface area contributed by atoms with E-state index < -0.39 is 6.10 Å². The number of hydrogen-bond donors (Lipinski definition) is 2. The summed E-state index contributed by atoms with van der Waals surface area (Å²) in [6, 6.07) is 7.30. The van der Waals surface area contributed by atoms with Crippen molar-refractivity contribution in [3.8, 4) is 11.5 Å². The van der Waals surface area contributed by atoms with Crippen LogP contribution in [0.5, 0.6) is 11.5 Å². The highest BCUT2D eigenvalue weighted by atomic mass is 16.6. The Morgan fingerprint density at radius 1 is 1.36 bits per heavy atom. The van der Waals surface area contributed by atoms with Gasteiger partial charge < -0.3 is 19.5 Å². The third-order valence-electron chi connectivity index (χ3n) is 4.72. The van der Waals surface area contributed by atoms with Crippen LogP contribution in [-0.4, -0.2) is 58.5 Å². The van der Waals surface area contributed by atoms with Crippen LogP contribution in [0.15, 0.2) is 24.3 Å². The van der Waals surface area contributed by atoms with E-state index in [1.54, 1.807) is 23.1 Å². The van der Waals surface area contributed by atoms with Gasteiger partial charge in [-0.1, -0.05) is 6.07 Å². The lowest BCUT2D eigenvalue weighted by atomic mass is 10.00. The van der Waals surface area contributed by atoms with E-state index in [0.29, 0.717) is 49.8 Å². The fourth-order valence-electron chi connectivity index (χ4n) is 3.48. The molecule has 132 valence electrons. The fraction of sp³-hybridized carbons (Fsp3) is 0.444. The van der Waals surface area contributed by atoms with Crippen molar-refractivity contribution in [3.05, 3.63) is 41.2 Å². The molecule has 0 spiro atoms. The van der Waals surface area contributed by atoms with Crippen LogP contribution in [0.2, 0.25) is 0 Å². The second-order valence-corrected chi connectivity index (χ2v) is 6.61. The summed E-state index contributed by atoms with van der Waals surface area (Å²) in [5.74, 6) is 0.936. The van der Waals surface area contributed by atoms with Crippen LogP contribution in [0.3, 0.4) is 0 Å². The van der Waals surface area contributed by atoms with Crippen LogP contribution in [0.25, 0.3) is 0 Å². The van der Waals surface area contributed by atoms with E-state index in [4.69, 9.17) is 9.47 Å². The molecule has 2 aliphatic heterocycles. The van der Waals surface area contributed by atoms with Gasteiger partial charge in [-0.15, -0.1) is 0 Å². The summed E-state index contributed by atoms with van der Waals surface area (Å²) in [7, 11) is 0. The van der Waals surface area contributed by atoms with Crippen LogP contribution in [-0.2, 0) is 6.42 Å². The number of fused-ring (bicyclic) bond motifs is 1. The second-order valence-electron chi connectivity index (χ2n) is 6.61. The number of H-pyrrole nitrogens is 1. The summed E-state index contributed by atoms with van der Waals surface area (Å²) in [6.07, 6.45) is 0.0829. The molecule has 4 rings (SSSR count). The molecule has 0 radical (unpaired) electrons. The lowest BCUT2D eigenvalue weighted by Crippen LogP contribution is -2.30. The first-order valence-corrected chi connectivity index (χ1v) is 8.48. The Labute approximate surface area is 145 Å². The van der Waals surface area contributed by atoms with Crippen LogP contribution in [0.4, 0.5) is 0 Å². The lowest BCUT2D eigenvalue weighted by Gasteiger charge is -2.23. The Hall–Kier alpha value is -2.54. The molecule has 7 heteroatoms. The van der Waals surface area contributed by atoms with Gasteiger partial charge in [-0.05, 0) is 31.5 Å². The Morgan fingerprint density at radius 3 is 3.00 bits per heavy atom. The van der Waals surface area contributed by atoms with Crippen LogP contribution in [0, 0.1) is 12.8 Å². The minimum Gasteiger partial charge on any atom is -0.486 e. The number of aliphatic hydroxyl groups is 1. The van der Waals surface area contributed by atoms with Crippen molar-refractivity contribution >= 4 is 5.91 Å². The monoisotopic (exact) mass is 343 g/mol. The number of benzene rings is 1. The third kappa shape index (κ3) is 3.07. The maximum absolute atomic E-state index is 12.9. The number of ether oxygens (including phenoxy) is 2. The van der Waals surface area contributed by atoms with Crippen molar-refractivity contribution in [2.75, 3.05) is 26.3 Å². The highest BCUT2D eigenvalue weighted by molar-refractivity contribution is 5.98. The number of hydrogen-bond acceptors (Lipinski definition) is 5. The molecule has 2 aliphatic rings. The first-order chi connectivity index (χ1) is 12.1. The molecule has 0 saturated carbocycles. The maximum Gasteiger partial charge on any atom is 0.257 e. The van der Waals surface area contributed by atoms with Crippen molar-refractivity contribution in [2.45, 2.75) is 19.4 Å². The minimum atomic E-state index is -0.558. The molecule has 0 aliphatic carbocycles. The molecule has 1 amide bonds. The highest BCUT2D eigenvalue weighted by Gasteiger charge is 2.36. The number of aromatic amines is 1. The largest absolute Gasteiger partial charge is 0.486 e. The van der Waals surface area contributed by atoms with Crippen LogP contribution < -0.4 is 9.47 Å². The predicted octanol–water partition coefficient (Wildman–Crippen LogP) is 1.16. The van der Waals surface area contributed by atoms with Gasteiger partial charge in [-0.25, -0.2) is 0 Å². The summed E-state index contributed by atoms with van der Waals surface area (Å²) >= 11 is 0. The molecule has 7 nitrogen and oxygen atoms in total. The lowest BCUT2D eigenvalue weighted by molar-refractivity contribution is 0.0754. The molecule has 25 heavy (non-hydrogen) atoms. The summed E-state index contributed by atoms with van der Waals surface area (Å²) < 4.78 is 11.2. The molecule has 2 atom stereocenters. The third-order valence-corrected chi connectivity index (χ3v) is 4.72. The quantitative estimate of drug-likeness (QED) is 0.873. The van der Waals surface area contributed by atoms with Crippen molar-refractivity contribution in [1.82, 2.24) is 15.1 Å². The molecular formula is C18H21N3O4. The molecule has 1 aromatic carbocycles. The van der Waals surface area contributed by atoms with Gasteiger partial charge in [0.25, 0.3) is 5.91 Å². The van der Waals surface area contributed by atoms with E-state index >= 15 is 0 Å². The standard InChI is InChI=1S/C18H21N3O4/c1-11-7-13(20-19-11)8-12-9-21(10-15(12)22)18(23)14-3-2-4-16-17(14)25-6-5-24-16/h2-4,7,12,15,22H,5-6,8-10H2,1H3,(H,19,20)/t12-,15+/m1/s1. The Kier molecular flexibility index (Phi) is 4.09. The smallest absolute Gasteiger partial charge is 0.257 e. The topological polar surface area (TPSA) is 87.7 Å². The van der Waals surface area contributed by atoms with E-state index in [-0.39, 0.29) is 11.8 Å². The Bertz CT molecular complexity index is 788. The zero-order chi connectivity index (χ0) is 17.4. The number of nitrogens with zero attached hydrogens (tertiary/aromatic N) is 2. The zero-order valence-electron chi connectivity index (χ0n) is 14.1. The average Bonchev–Trinajstić information content (AvgIpc) is 3.20. The second kappa shape index (κ2) is 6.40. The Balaban J connectivity index is 1.50. The first kappa shape index (κ1) is 16.0. The van der Waals surface area contributed by atoms with Gasteiger partial charge >= 0.3 is 0 Å². The van der Waals surface area contributed by atoms with Crippen molar-refractivity contribution in [3.63, 3.8) is 0 Å². The zero-order valence-corrected chi connectivity index (χ0v) is 14.1. The molecule has 1 aromatic heterocycles. The molecular weight excluding hydrogens is 322 g/mol. The number of likely N-dealkylation sites (tertiary alicyclic amines) is 1. The van der Waals surface area contributed by atoms with E-state index in [1.165, 1.54) is 0 Å². The number of rotatable bonds is 3. The normalized spacial score (nSPS) is 22.2. The number of para-hydroxylation sites is 1. The van der Waals surface area contributed by atoms with Gasteiger partial charge in [0.15, 0.2) is 11.5 Å². The average molecular weight is 343 g/mol. The molecule has 0 bridgehead atoms. The van der Waals surface area contributed by atoms with Gasteiger partial charge in [-0.2, -0.15) is 5.10 Å². The van der Waals surface area contributed by atoms with Gasteiger partial charge in [0.2, 0.25) is 0 Å². The summed E-state index contributed by atoms with van der Waals surface area (Å²) in [5.41, 5.74) is 2.38. The van der Waals surface area contributed by atoms with Crippen molar-refractivity contribution in [2.24, 2.45) is 5.92 Å². The van der Waals surface area contributed by atoms with E-state index in [1.807, 2.05) is 13.0 Å². The highest BCUT2D eigenvalue weighted by Crippen LogP contribution is 2.35. The van der Waals surface area contributed by atoms with E-state index in [0.717, 1.165) is 11.4 Å². The minimum absolute atomic E-state index is 0.0247. The first-order valence-electron chi connectivity index (χ1n) is 8.48. The Morgan fingerprint density at radius 2 is 2.20 bits per heavy atom. The number of amides is 1. The van der Waals surface area contributed by atoms with Gasteiger partial charge in [-0.3, -0.25) is 9.89 Å². The summed E-state index contributed by atoms with van der Waals surface area (Å²) in [4.78, 5) is 14.6. The van der Waals surface area contributed by atoms with Crippen molar-refractivity contribution in [1.29, 1.82) is 0 Å². The SMILES string of the molecule is Cc1cc(C[C@@H]2CN(C(=O)c3cccc4c3OCCO4)C[C@@H]2O)n[nH]1. The fourth-order valence-corrected chi connectivity index (χ4v) is 3.48. The number of aryl methyl sites for hydroxylation is 1. The number of aliphatic hydroxyl groups excluding tert-OH is 1. The van der Waals surface area contributed by atoms with Crippen molar-refractivity contribution < 1.29 is 19.4 Å². The number of β-amino-alcohol motifs (C(OH)–C–C–N with tert-alkyl or cyclic N) is 1. The predicted molar refractivity (Wildman–Crippen MR) is 89.9 cm³/mol. The van der Waals surface area contributed by atoms with Gasteiger partial charge in [0.05, 0.1) is 17.4 Å². The molecule has 0 unspecified atom stereocenters. The van der Waals surface area contributed by atoms with Gasteiger partial charge in [0.1, 0.15) is 13.2 Å². The molecule has 1 saturated heterocycles. The number of carbonyl (C=O) groups excluding carboxylic acids is 1. The molecule has 1 fully saturated rings. The van der Waals surface area contributed by atoms with E-state index in [2.05, 4.69) is 10.2 Å². The van der Waals surface area contributed by atoms with Crippen LogP contribution >= 0.6 is 0 Å². The summed E-state index contributed by atoms with van der Waals surface area (Å²) in [5, 5.41) is 17.5. The molecule has 3 heterocycles. The van der Waals surface area contributed by atoms with Gasteiger partial charge in [0, 0.05) is 24.7 Å². The van der Waals surface area contributed by atoms with Crippen LogP contribution in [0.1, 0.15) is 21.7 Å². The molecule has 2 N–H and O–H groups in total. The maximum atomic E-state index is 12.9. The van der Waals surface area contributed by atoms with E-state index in [9.17, 15) is 9.90 Å². The number of aromatic nitrogens is 2. The number of carbonyl (C=O) groups is 1. The summed E-state index contributed by atoms with van der Waals surface area (Å²) in [6.45, 7) is 3.67.